The maximum atomic E-state index is 14.5. The van der Waals surface area contributed by atoms with Gasteiger partial charge in [-0.2, -0.15) is 0 Å². The number of aliphatic carboxylic acids is 1. The minimum absolute atomic E-state index is 0.0426. The lowest BCUT2D eigenvalue weighted by molar-refractivity contribution is -0.146. The number of halogens is 1. The van der Waals surface area contributed by atoms with Crippen molar-refractivity contribution in [3.05, 3.63) is 60.6 Å². The molecule has 0 fully saturated rings. The number of carbonyl (C=O) groups is 1. The monoisotopic (exact) mass is 364 g/mol. The highest BCUT2D eigenvalue weighted by Gasteiger charge is 2.55. The van der Waals surface area contributed by atoms with E-state index in [0.717, 1.165) is 11.1 Å². The van der Waals surface area contributed by atoms with Crippen LogP contribution in [-0.2, 0) is 15.8 Å². The summed E-state index contributed by atoms with van der Waals surface area (Å²) in [6, 6.07) is 12.7. The Balaban J connectivity index is 2.11. The van der Waals surface area contributed by atoms with Crippen LogP contribution in [0.2, 0.25) is 0 Å². The SMILES string of the molecule is O=C(O)C(F)(Cc1cnc2c(-c3ccccc3)cccn12)P(=O)(O)O. The maximum Gasteiger partial charge on any atom is 0.374 e. The van der Waals surface area contributed by atoms with Crippen molar-refractivity contribution in [3.8, 4) is 11.1 Å². The average molecular weight is 364 g/mol. The number of aromatic nitrogens is 2. The first-order chi connectivity index (χ1) is 11.7. The normalized spacial score (nSPS) is 14.4. The molecule has 2 heterocycles. The van der Waals surface area contributed by atoms with Crippen LogP contribution in [0.4, 0.5) is 4.39 Å². The van der Waals surface area contributed by atoms with E-state index in [1.807, 2.05) is 30.3 Å². The van der Waals surface area contributed by atoms with Gasteiger partial charge in [0, 0.05) is 30.1 Å². The molecule has 9 heteroatoms. The van der Waals surface area contributed by atoms with Crippen LogP contribution in [0.5, 0.6) is 0 Å². The molecular formula is C16H14FN2O5P. The lowest BCUT2D eigenvalue weighted by atomic mass is 10.1. The highest BCUT2D eigenvalue weighted by atomic mass is 31.2. The molecule has 130 valence electrons. The van der Waals surface area contributed by atoms with E-state index in [1.54, 1.807) is 12.1 Å². The first-order valence-corrected chi connectivity index (χ1v) is 8.83. The van der Waals surface area contributed by atoms with E-state index in [2.05, 4.69) is 4.98 Å². The maximum absolute atomic E-state index is 14.5. The number of hydrogen-bond donors (Lipinski definition) is 3. The topological polar surface area (TPSA) is 112 Å². The lowest BCUT2D eigenvalue weighted by Gasteiger charge is -2.21. The average Bonchev–Trinajstić information content (AvgIpc) is 2.97. The van der Waals surface area contributed by atoms with Gasteiger partial charge < -0.3 is 19.3 Å². The Labute approximate surface area is 141 Å². The van der Waals surface area contributed by atoms with E-state index in [4.69, 9.17) is 14.9 Å². The third-order valence-electron chi connectivity index (χ3n) is 3.90. The molecule has 0 saturated carbocycles. The molecule has 1 atom stereocenters. The second-order valence-corrected chi connectivity index (χ2v) is 7.31. The molecule has 0 aliphatic carbocycles. The molecule has 1 aromatic carbocycles. The highest BCUT2D eigenvalue weighted by molar-refractivity contribution is 7.54. The first kappa shape index (κ1) is 17.3. The number of hydrogen-bond acceptors (Lipinski definition) is 3. The molecule has 2 aromatic heterocycles. The molecule has 0 aliphatic heterocycles. The number of carboxylic acids is 1. The fourth-order valence-corrected chi connectivity index (χ4v) is 3.20. The van der Waals surface area contributed by atoms with Gasteiger partial charge in [0.2, 0.25) is 0 Å². The summed E-state index contributed by atoms with van der Waals surface area (Å²) < 4.78 is 27.3. The van der Waals surface area contributed by atoms with Gasteiger partial charge in [0.05, 0.1) is 0 Å². The molecule has 7 nitrogen and oxygen atoms in total. The van der Waals surface area contributed by atoms with Crippen LogP contribution in [0, 0.1) is 0 Å². The molecule has 0 spiro atoms. The summed E-state index contributed by atoms with van der Waals surface area (Å²) >= 11 is 0. The van der Waals surface area contributed by atoms with Crippen LogP contribution in [0.25, 0.3) is 16.8 Å². The van der Waals surface area contributed by atoms with Crippen molar-refractivity contribution in [2.24, 2.45) is 0 Å². The molecule has 0 bridgehead atoms. The van der Waals surface area contributed by atoms with E-state index in [9.17, 15) is 13.8 Å². The fourth-order valence-electron chi connectivity index (χ4n) is 2.58. The standard InChI is InChI=1S/C16H14FN2O5P/c17-16(15(20)21,25(22,23)24)9-12-10-18-14-13(7-4-8-19(12)14)11-5-2-1-3-6-11/h1-8,10H,9H2,(H,20,21)(H2,22,23,24). The smallest absolute Gasteiger partial charge is 0.374 e. The van der Waals surface area contributed by atoms with Crippen LogP contribution < -0.4 is 0 Å². The molecular weight excluding hydrogens is 350 g/mol. The van der Waals surface area contributed by atoms with Crippen LogP contribution in [0.15, 0.2) is 54.9 Å². The molecule has 3 aromatic rings. The number of pyridine rings is 1. The minimum Gasteiger partial charge on any atom is -0.478 e. The summed E-state index contributed by atoms with van der Waals surface area (Å²) in [4.78, 5) is 33.6. The highest BCUT2D eigenvalue weighted by Crippen LogP contribution is 2.53. The van der Waals surface area contributed by atoms with Crippen molar-refractivity contribution in [3.63, 3.8) is 0 Å². The van der Waals surface area contributed by atoms with E-state index < -0.39 is 25.4 Å². The Hall–Kier alpha value is -2.54. The summed E-state index contributed by atoms with van der Waals surface area (Å²) in [5.41, 5.74) is 2.05. The number of fused-ring (bicyclic) bond motifs is 1. The molecule has 0 saturated heterocycles. The zero-order chi connectivity index (χ0) is 18.2. The summed E-state index contributed by atoms with van der Waals surface area (Å²) in [6.45, 7) is 0. The van der Waals surface area contributed by atoms with Gasteiger partial charge in [0.15, 0.2) is 0 Å². The number of imidazole rings is 1. The van der Waals surface area contributed by atoms with Crippen molar-refractivity contribution in [2.45, 2.75) is 11.8 Å². The van der Waals surface area contributed by atoms with Crippen molar-refractivity contribution in [1.29, 1.82) is 0 Å². The number of benzene rings is 1. The van der Waals surface area contributed by atoms with Crippen molar-refractivity contribution in [1.82, 2.24) is 9.38 Å². The minimum atomic E-state index is -5.54. The third-order valence-corrected chi connectivity index (χ3v) is 5.17. The van der Waals surface area contributed by atoms with Crippen LogP contribution in [0.3, 0.4) is 0 Å². The van der Waals surface area contributed by atoms with Crippen molar-refractivity contribution >= 4 is 19.2 Å². The molecule has 1 unspecified atom stereocenters. The second-order valence-electron chi connectivity index (χ2n) is 5.52. The predicted molar refractivity (Wildman–Crippen MR) is 87.9 cm³/mol. The van der Waals surface area contributed by atoms with Gasteiger partial charge in [0.25, 0.3) is 0 Å². The van der Waals surface area contributed by atoms with E-state index in [1.165, 1.54) is 16.8 Å². The zero-order valence-electron chi connectivity index (χ0n) is 12.8. The van der Waals surface area contributed by atoms with Gasteiger partial charge in [-0.15, -0.1) is 0 Å². The Morgan fingerprint density at radius 2 is 1.88 bits per heavy atom. The van der Waals surface area contributed by atoms with E-state index >= 15 is 0 Å². The number of carboxylic acid groups (broad SMARTS) is 1. The Kier molecular flexibility index (Phi) is 4.20. The molecule has 3 N–H and O–H groups in total. The molecule has 25 heavy (non-hydrogen) atoms. The molecule has 0 radical (unpaired) electrons. The van der Waals surface area contributed by atoms with Gasteiger partial charge >= 0.3 is 19.0 Å². The summed E-state index contributed by atoms with van der Waals surface area (Å²) in [6.07, 6.45) is 1.74. The van der Waals surface area contributed by atoms with Gasteiger partial charge in [-0.25, -0.2) is 14.2 Å². The van der Waals surface area contributed by atoms with Gasteiger partial charge in [0.1, 0.15) is 5.65 Å². The Morgan fingerprint density at radius 1 is 1.20 bits per heavy atom. The third kappa shape index (κ3) is 2.95. The van der Waals surface area contributed by atoms with Crippen molar-refractivity contribution < 1.29 is 28.6 Å². The zero-order valence-corrected chi connectivity index (χ0v) is 13.7. The fraction of sp³-hybridized carbons (Fsp3) is 0.125. The Bertz CT molecular complexity index is 985. The predicted octanol–water partition coefficient (Wildman–Crippen LogP) is 2.47. The molecule has 0 aliphatic rings. The van der Waals surface area contributed by atoms with Crippen LogP contribution in [0.1, 0.15) is 5.69 Å². The van der Waals surface area contributed by atoms with Crippen LogP contribution >= 0.6 is 7.60 Å². The van der Waals surface area contributed by atoms with Crippen LogP contribution in [-0.4, -0.2) is 35.7 Å². The quantitative estimate of drug-likeness (QED) is 0.600. The van der Waals surface area contributed by atoms with E-state index in [0.29, 0.717) is 5.65 Å². The Morgan fingerprint density at radius 3 is 2.48 bits per heavy atom. The summed E-state index contributed by atoms with van der Waals surface area (Å²) in [5, 5.41) is 5.26. The van der Waals surface area contributed by atoms with Gasteiger partial charge in [-0.3, -0.25) is 4.57 Å². The second kappa shape index (κ2) is 6.07. The number of nitrogens with zero attached hydrogens (tertiary/aromatic N) is 2. The number of alkyl halides is 1. The summed E-state index contributed by atoms with van der Waals surface area (Å²) in [5.74, 6) is -2.21. The van der Waals surface area contributed by atoms with Crippen molar-refractivity contribution in [2.75, 3.05) is 0 Å². The summed E-state index contributed by atoms with van der Waals surface area (Å²) in [7, 11) is -5.54. The van der Waals surface area contributed by atoms with Gasteiger partial charge in [-0.05, 0) is 17.7 Å². The first-order valence-electron chi connectivity index (χ1n) is 7.22. The van der Waals surface area contributed by atoms with Gasteiger partial charge in [-0.1, -0.05) is 30.3 Å². The molecule has 0 amide bonds. The molecule has 3 rings (SSSR count). The largest absolute Gasteiger partial charge is 0.478 e. The number of rotatable bonds is 5. The van der Waals surface area contributed by atoms with E-state index in [-0.39, 0.29) is 5.69 Å². The lowest BCUT2D eigenvalue weighted by Crippen LogP contribution is -2.36.